The van der Waals surface area contributed by atoms with E-state index in [4.69, 9.17) is 15.4 Å². The lowest BCUT2D eigenvalue weighted by Gasteiger charge is -2.37. The molecule has 14 heavy (non-hydrogen) atoms. The van der Waals surface area contributed by atoms with Gasteiger partial charge in [-0.05, 0) is 5.53 Å². The van der Waals surface area contributed by atoms with E-state index in [1.54, 1.807) is 0 Å². The number of rotatable bonds is 2. The van der Waals surface area contributed by atoms with E-state index in [1.165, 1.54) is 0 Å². The van der Waals surface area contributed by atoms with Crippen molar-refractivity contribution in [1.82, 2.24) is 0 Å². The quantitative estimate of drug-likeness (QED) is 0.237. The molecule has 80 valence electrons. The molecule has 0 aliphatic carbocycles. The smallest absolute Gasteiger partial charge is 0.166 e. The van der Waals surface area contributed by atoms with Crippen LogP contribution in [0.2, 0.25) is 0 Å². The number of ether oxygens (including phenoxy) is 1. The summed E-state index contributed by atoms with van der Waals surface area (Å²) in [7, 11) is 0. The van der Waals surface area contributed by atoms with E-state index < -0.39 is 37.3 Å². The van der Waals surface area contributed by atoms with Crippen LogP contribution in [0.1, 0.15) is 0 Å². The number of hydrogen-bond acceptors (Lipinski definition) is 6. The Morgan fingerprint density at radius 3 is 2.43 bits per heavy atom. The summed E-state index contributed by atoms with van der Waals surface area (Å²) < 4.78 is 4.71. The highest BCUT2D eigenvalue weighted by Crippen LogP contribution is 2.21. The van der Waals surface area contributed by atoms with E-state index in [0.29, 0.717) is 0 Å². The Labute approximate surface area is 79.0 Å². The molecule has 0 bridgehead atoms. The second-order valence-electron chi connectivity index (χ2n) is 2.92. The summed E-state index contributed by atoms with van der Waals surface area (Å²) in [6, 6.07) is -1.27. The molecule has 1 fully saturated rings. The monoisotopic (exact) mass is 205 g/mol. The van der Waals surface area contributed by atoms with Crippen LogP contribution < -0.4 is 0 Å². The molecule has 1 aliphatic heterocycles. The standard InChI is InChI=1S/C6H11N3O5/c7-9-8-3-5(12)4(11)2(1-10)14-6(3)13/h2-6,10-13H,1H2/t2?,3?,4-,5?,6?/m1/s1. The first-order valence-corrected chi connectivity index (χ1v) is 3.96. The molecule has 1 heterocycles. The molecule has 1 rings (SSSR count). The van der Waals surface area contributed by atoms with Crippen LogP contribution in [-0.4, -0.2) is 57.7 Å². The molecule has 4 N–H and O–H groups in total. The van der Waals surface area contributed by atoms with E-state index in [0.717, 1.165) is 0 Å². The third kappa shape index (κ3) is 1.95. The minimum atomic E-state index is -1.53. The average molecular weight is 205 g/mol. The molecule has 5 atom stereocenters. The highest BCUT2D eigenvalue weighted by atomic mass is 16.6. The fraction of sp³-hybridized carbons (Fsp3) is 1.00. The van der Waals surface area contributed by atoms with E-state index >= 15 is 0 Å². The first kappa shape index (κ1) is 11.2. The van der Waals surface area contributed by atoms with Gasteiger partial charge in [-0.1, -0.05) is 5.11 Å². The molecule has 0 aromatic carbocycles. The van der Waals surface area contributed by atoms with Crippen molar-refractivity contribution in [3.63, 3.8) is 0 Å². The number of aliphatic hydroxyl groups is 4. The molecular weight excluding hydrogens is 194 g/mol. The summed E-state index contributed by atoms with van der Waals surface area (Å²) in [6.07, 6.45) is -5.45. The Balaban J connectivity index is 2.78. The lowest BCUT2D eigenvalue weighted by atomic mass is 9.98. The number of azide groups is 1. The zero-order valence-electron chi connectivity index (χ0n) is 7.13. The molecule has 0 aromatic heterocycles. The molecule has 0 radical (unpaired) electrons. The van der Waals surface area contributed by atoms with Crippen molar-refractivity contribution in [1.29, 1.82) is 0 Å². The molecule has 4 unspecified atom stereocenters. The summed E-state index contributed by atoms with van der Waals surface area (Å²) in [5.41, 5.74) is 8.11. The first-order chi connectivity index (χ1) is 6.61. The van der Waals surface area contributed by atoms with E-state index in [2.05, 4.69) is 10.0 Å². The fourth-order valence-electron chi connectivity index (χ4n) is 1.27. The van der Waals surface area contributed by atoms with Crippen molar-refractivity contribution < 1.29 is 25.2 Å². The SMILES string of the molecule is [N-]=[N+]=NC1C(O)OC(CO)[C@@H](O)C1O. The van der Waals surface area contributed by atoms with Gasteiger partial charge in [0.05, 0.1) is 12.7 Å². The van der Waals surface area contributed by atoms with Crippen LogP contribution in [0.25, 0.3) is 10.4 Å². The predicted molar refractivity (Wildman–Crippen MR) is 42.9 cm³/mol. The molecule has 8 nitrogen and oxygen atoms in total. The van der Waals surface area contributed by atoms with Crippen LogP contribution >= 0.6 is 0 Å². The van der Waals surface area contributed by atoms with Gasteiger partial charge < -0.3 is 25.2 Å². The number of nitrogens with zero attached hydrogens (tertiary/aromatic N) is 3. The second-order valence-corrected chi connectivity index (χ2v) is 2.92. The minimum Gasteiger partial charge on any atom is -0.394 e. The number of hydrogen-bond donors (Lipinski definition) is 4. The lowest BCUT2D eigenvalue weighted by molar-refractivity contribution is -0.248. The van der Waals surface area contributed by atoms with Gasteiger partial charge in [-0.2, -0.15) is 0 Å². The van der Waals surface area contributed by atoms with Crippen LogP contribution in [-0.2, 0) is 4.74 Å². The van der Waals surface area contributed by atoms with Gasteiger partial charge >= 0.3 is 0 Å². The largest absolute Gasteiger partial charge is 0.394 e. The normalized spacial score (nSPS) is 43.0. The third-order valence-electron chi connectivity index (χ3n) is 2.05. The van der Waals surface area contributed by atoms with Gasteiger partial charge in [-0.25, -0.2) is 0 Å². The maximum atomic E-state index is 9.37. The highest BCUT2D eigenvalue weighted by Gasteiger charge is 2.43. The van der Waals surface area contributed by atoms with Crippen molar-refractivity contribution in [3.8, 4) is 0 Å². The van der Waals surface area contributed by atoms with Crippen LogP contribution in [0.15, 0.2) is 5.11 Å². The molecular formula is C6H11N3O5. The topological polar surface area (TPSA) is 139 Å². The molecule has 1 saturated heterocycles. The fourth-order valence-corrected chi connectivity index (χ4v) is 1.27. The van der Waals surface area contributed by atoms with Crippen LogP contribution in [0.3, 0.4) is 0 Å². The molecule has 1 aliphatic rings. The van der Waals surface area contributed by atoms with Gasteiger partial charge in [0.25, 0.3) is 0 Å². The van der Waals surface area contributed by atoms with Crippen molar-refractivity contribution in [2.45, 2.75) is 30.6 Å². The van der Waals surface area contributed by atoms with Gasteiger partial charge in [0.15, 0.2) is 6.29 Å². The Bertz CT molecular complexity index is 244. The third-order valence-corrected chi connectivity index (χ3v) is 2.05. The first-order valence-electron chi connectivity index (χ1n) is 3.96. The second kappa shape index (κ2) is 4.56. The molecule has 0 aromatic rings. The van der Waals surface area contributed by atoms with E-state index in [-0.39, 0.29) is 0 Å². The van der Waals surface area contributed by atoms with Crippen molar-refractivity contribution in [2.75, 3.05) is 6.61 Å². The van der Waals surface area contributed by atoms with Crippen molar-refractivity contribution in [2.24, 2.45) is 5.11 Å². The zero-order chi connectivity index (χ0) is 10.7. The van der Waals surface area contributed by atoms with Crippen LogP contribution in [0, 0.1) is 0 Å². The Morgan fingerprint density at radius 1 is 1.29 bits per heavy atom. The average Bonchev–Trinajstić information content (AvgIpc) is 2.18. The highest BCUT2D eigenvalue weighted by molar-refractivity contribution is 4.92. The maximum Gasteiger partial charge on any atom is 0.166 e. The minimum absolute atomic E-state index is 0.543. The molecule has 8 heteroatoms. The lowest BCUT2D eigenvalue weighted by Crippen LogP contribution is -2.57. The Kier molecular flexibility index (Phi) is 3.64. The summed E-state index contributed by atoms with van der Waals surface area (Å²) in [4.78, 5) is 2.40. The van der Waals surface area contributed by atoms with Crippen molar-refractivity contribution in [3.05, 3.63) is 10.4 Å². The van der Waals surface area contributed by atoms with Gasteiger partial charge in [0.1, 0.15) is 18.2 Å². The summed E-state index contributed by atoms with van der Waals surface area (Å²) >= 11 is 0. The maximum absolute atomic E-state index is 9.37. The van der Waals surface area contributed by atoms with Crippen LogP contribution in [0.5, 0.6) is 0 Å². The van der Waals surface area contributed by atoms with Gasteiger partial charge in [0, 0.05) is 4.91 Å². The van der Waals surface area contributed by atoms with Gasteiger partial charge in [-0.15, -0.1) is 0 Å². The Morgan fingerprint density at radius 2 is 1.93 bits per heavy atom. The van der Waals surface area contributed by atoms with Crippen molar-refractivity contribution >= 4 is 0 Å². The summed E-state index contributed by atoms with van der Waals surface area (Å²) in [6.45, 7) is -0.543. The molecule has 0 saturated carbocycles. The summed E-state index contributed by atoms with van der Waals surface area (Å²) in [5.74, 6) is 0. The van der Waals surface area contributed by atoms with E-state index in [9.17, 15) is 15.3 Å². The van der Waals surface area contributed by atoms with Gasteiger partial charge in [0.2, 0.25) is 0 Å². The molecule has 0 amide bonds. The number of aliphatic hydroxyl groups excluding tert-OH is 4. The zero-order valence-corrected chi connectivity index (χ0v) is 7.13. The predicted octanol–water partition coefficient (Wildman–Crippen LogP) is -1.90. The molecule has 0 spiro atoms. The Hall–Kier alpha value is -0.890. The van der Waals surface area contributed by atoms with Gasteiger partial charge in [-0.3, -0.25) is 0 Å². The van der Waals surface area contributed by atoms with Crippen LogP contribution in [0.4, 0.5) is 0 Å². The van der Waals surface area contributed by atoms with E-state index in [1.807, 2.05) is 0 Å². The summed E-state index contributed by atoms with van der Waals surface area (Å²) in [5, 5.41) is 39.7.